The van der Waals surface area contributed by atoms with Crippen LogP contribution in [0.15, 0.2) is 0 Å². The molecule has 3 nitrogen and oxygen atoms in total. The Hall–Kier alpha value is 1.49. The smallest absolute Gasteiger partial charge is 0.314 e. The molecule has 0 spiro atoms. The van der Waals surface area contributed by atoms with Crippen molar-refractivity contribution < 1.29 is 54.7 Å². The van der Waals surface area contributed by atoms with Gasteiger partial charge in [0.1, 0.15) is 0 Å². The van der Waals surface area contributed by atoms with E-state index in [1.165, 1.54) is 0 Å². The fourth-order valence-electron chi connectivity index (χ4n) is 0. The molecule has 0 saturated carbocycles. The van der Waals surface area contributed by atoms with Gasteiger partial charge in [-0.05, 0) is 0 Å². The zero-order chi connectivity index (χ0) is 3.58. The van der Waals surface area contributed by atoms with E-state index < -0.39 is 8.25 Å². The van der Waals surface area contributed by atoms with Crippen LogP contribution in [-0.4, -0.2) is 9.79 Å². The molecule has 0 fully saturated rings. The molecule has 0 amide bonds. The Morgan fingerprint density at radius 2 is 1.40 bits per heavy atom. The molecule has 0 aromatic rings. The van der Waals surface area contributed by atoms with Crippen LogP contribution >= 0.6 is 8.25 Å². The maximum Gasteiger partial charge on any atom is 0.314 e. The number of hydrogen-bond donors (Lipinski definition) is 2. The van der Waals surface area contributed by atoms with Crippen molar-refractivity contribution in [3.05, 3.63) is 0 Å². The first kappa shape index (κ1) is 9.70. The van der Waals surface area contributed by atoms with E-state index in [1.807, 2.05) is 0 Å². The maximum atomic E-state index is 8.74. The Morgan fingerprint density at radius 3 is 1.40 bits per heavy atom. The molecule has 0 unspecified atom stereocenters. The van der Waals surface area contributed by atoms with Crippen molar-refractivity contribution in [2.24, 2.45) is 0 Å². The quantitative estimate of drug-likeness (QED) is 0.546. The van der Waals surface area contributed by atoms with Gasteiger partial charge in [-0.1, -0.05) is 0 Å². The summed E-state index contributed by atoms with van der Waals surface area (Å²) < 4.78 is 8.74. The van der Waals surface area contributed by atoms with Gasteiger partial charge in [0.05, 0.1) is 0 Å². The van der Waals surface area contributed by atoms with E-state index in [0.717, 1.165) is 0 Å². The molecule has 0 heterocycles. The van der Waals surface area contributed by atoms with Crippen molar-refractivity contribution >= 4 is 8.25 Å². The van der Waals surface area contributed by atoms with Crippen LogP contribution in [0, 0.1) is 40.4 Å². The van der Waals surface area contributed by atoms with Crippen molar-refractivity contribution in [2.45, 2.75) is 0 Å². The number of rotatable bonds is 0. The van der Waals surface area contributed by atoms with E-state index in [1.54, 1.807) is 0 Å². The molecule has 0 radical (unpaired) electrons. The molecule has 5 heavy (non-hydrogen) atoms. The predicted octanol–water partition coefficient (Wildman–Crippen LogP) is -0.639. The molecule has 0 rings (SSSR count). The molecule has 2 N–H and O–H groups in total. The van der Waals surface area contributed by atoms with Crippen molar-refractivity contribution in [1.29, 1.82) is 0 Å². The molecule has 0 aromatic heterocycles. The molecule has 32 valence electrons. The first-order chi connectivity index (χ1) is 1.73. The van der Waals surface area contributed by atoms with Crippen molar-refractivity contribution in [2.75, 3.05) is 0 Å². The Morgan fingerprint density at radius 1 is 1.40 bits per heavy atom. The fraction of sp³-hybridized carbons (Fsp3) is 0. The van der Waals surface area contributed by atoms with Crippen LogP contribution < -0.4 is 0 Å². The monoisotopic (exact) mass is 234 g/mol. The Labute approximate surface area is 62.4 Å². The first-order valence-electron chi connectivity index (χ1n) is 0.651. The van der Waals surface area contributed by atoms with E-state index >= 15 is 0 Å². The van der Waals surface area contributed by atoms with Gasteiger partial charge in [0.15, 0.2) is 0 Å². The van der Waals surface area contributed by atoms with Gasteiger partial charge < -0.3 is 9.79 Å². The minimum absolute atomic E-state index is 0. The van der Waals surface area contributed by atoms with Gasteiger partial charge >= 0.3 is 8.25 Å². The van der Waals surface area contributed by atoms with Crippen LogP contribution in [0.5, 0.6) is 0 Å². The summed E-state index contributed by atoms with van der Waals surface area (Å²) in [5, 5.41) is 0. The van der Waals surface area contributed by atoms with Gasteiger partial charge in [0, 0.05) is 40.4 Å². The van der Waals surface area contributed by atoms with Gasteiger partial charge in [-0.15, -0.1) is 0 Å². The van der Waals surface area contributed by atoms with Crippen LogP contribution in [0.25, 0.3) is 0 Å². The van der Waals surface area contributed by atoms with Crippen LogP contribution in [-0.2, 0) is 4.57 Å². The van der Waals surface area contributed by atoms with Crippen LogP contribution in [0.1, 0.15) is 0 Å². The second-order valence-corrected chi connectivity index (χ2v) is 0.848. The molecule has 0 aliphatic rings. The summed E-state index contributed by atoms with van der Waals surface area (Å²) in [6.07, 6.45) is 0. The Balaban J connectivity index is 0. The summed E-state index contributed by atoms with van der Waals surface area (Å²) in [5.41, 5.74) is 0. The number of hydrogen-bond acceptors (Lipinski definition) is 1. The average Bonchev–Trinajstić information content (AvgIpc) is 0.811. The third-order valence-electron chi connectivity index (χ3n) is 0. The molecular formula is H3O3PSm. The minimum Gasteiger partial charge on any atom is -0.326 e. The molecule has 0 aliphatic heterocycles. The minimum atomic E-state index is -3.13. The zero-order valence-electron chi connectivity index (χ0n) is 2.21. The van der Waals surface area contributed by atoms with E-state index in [0.29, 0.717) is 0 Å². The standard InChI is InChI=1S/H3O3P.Sm/c1-4(2)3;/h4H,(H2,1,2,3);. The Kier molecular flexibility index (Phi) is 10.6. The third kappa shape index (κ3) is 30.2. The van der Waals surface area contributed by atoms with Crippen molar-refractivity contribution in [3.63, 3.8) is 0 Å². The Bertz CT molecular complexity index is 29.9. The summed E-state index contributed by atoms with van der Waals surface area (Å²) in [6, 6.07) is 0. The van der Waals surface area contributed by atoms with Crippen molar-refractivity contribution in [3.8, 4) is 0 Å². The summed E-state index contributed by atoms with van der Waals surface area (Å²) in [5.74, 6) is 0. The summed E-state index contributed by atoms with van der Waals surface area (Å²) >= 11 is 0. The third-order valence-corrected chi connectivity index (χ3v) is 0. The van der Waals surface area contributed by atoms with Gasteiger partial charge in [0.2, 0.25) is 0 Å². The van der Waals surface area contributed by atoms with Crippen LogP contribution in [0.2, 0.25) is 0 Å². The van der Waals surface area contributed by atoms with Gasteiger partial charge in [0.25, 0.3) is 0 Å². The molecule has 0 saturated heterocycles. The average molecular weight is 232 g/mol. The fourth-order valence-corrected chi connectivity index (χ4v) is 0. The molecule has 0 atom stereocenters. The normalized spacial score (nSPS) is 7.00. The van der Waals surface area contributed by atoms with E-state index in [4.69, 9.17) is 14.4 Å². The molecule has 0 aromatic carbocycles. The summed E-state index contributed by atoms with van der Waals surface area (Å²) in [4.78, 5) is 14.3. The largest absolute Gasteiger partial charge is 0.326 e. The van der Waals surface area contributed by atoms with Crippen LogP contribution in [0.4, 0.5) is 0 Å². The second-order valence-electron chi connectivity index (χ2n) is 0.283. The molecule has 5 heteroatoms. The van der Waals surface area contributed by atoms with Crippen molar-refractivity contribution in [1.82, 2.24) is 0 Å². The predicted molar refractivity (Wildman–Crippen MR) is 13.4 cm³/mol. The van der Waals surface area contributed by atoms with Crippen LogP contribution in [0.3, 0.4) is 0 Å². The summed E-state index contributed by atoms with van der Waals surface area (Å²) in [7, 11) is -3.13. The van der Waals surface area contributed by atoms with Gasteiger partial charge in [-0.2, -0.15) is 0 Å². The first-order valence-corrected chi connectivity index (χ1v) is 1.95. The molecule has 0 aliphatic carbocycles. The second kappa shape index (κ2) is 5.49. The van der Waals surface area contributed by atoms with E-state index in [2.05, 4.69) is 0 Å². The van der Waals surface area contributed by atoms with E-state index in [9.17, 15) is 0 Å². The summed E-state index contributed by atoms with van der Waals surface area (Å²) in [6.45, 7) is 0. The van der Waals surface area contributed by atoms with Gasteiger partial charge in [-0.3, -0.25) is 4.57 Å². The molecule has 0 bridgehead atoms. The molecular weight excluding hydrogens is 229 g/mol. The van der Waals surface area contributed by atoms with Gasteiger partial charge in [-0.25, -0.2) is 0 Å². The SMILES string of the molecule is O=[PH](O)O.[Sm]. The van der Waals surface area contributed by atoms with E-state index in [-0.39, 0.29) is 40.4 Å². The maximum absolute atomic E-state index is 8.74. The zero-order valence-corrected chi connectivity index (χ0v) is 5.83. The topological polar surface area (TPSA) is 57.5 Å².